The lowest BCUT2D eigenvalue weighted by Gasteiger charge is -2.50. The van der Waals surface area contributed by atoms with Crippen molar-refractivity contribution in [1.82, 2.24) is 5.06 Å². The molecule has 1 N–H and O–H groups in total. The van der Waals surface area contributed by atoms with Crippen molar-refractivity contribution in [3.8, 4) is 0 Å². The van der Waals surface area contributed by atoms with E-state index in [-0.39, 0.29) is 17.9 Å². The van der Waals surface area contributed by atoms with E-state index in [2.05, 4.69) is 0 Å². The molecule has 3 aliphatic rings. The Labute approximate surface area is 158 Å². The number of allylic oxidation sites excluding steroid dienone is 2. The van der Waals surface area contributed by atoms with Crippen molar-refractivity contribution in [2.75, 3.05) is 0 Å². The first kappa shape index (κ1) is 19.3. The minimum absolute atomic E-state index is 0.157. The summed E-state index contributed by atoms with van der Waals surface area (Å²) in [4.78, 5) is 17.9. The molecule has 2 aliphatic carbocycles. The van der Waals surface area contributed by atoms with E-state index < -0.39 is 5.97 Å². The smallest absolute Gasteiger partial charge is 0.303 e. The van der Waals surface area contributed by atoms with E-state index in [4.69, 9.17) is 4.84 Å². The first-order valence-corrected chi connectivity index (χ1v) is 10.7. The topological polar surface area (TPSA) is 49.8 Å². The van der Waals surface area contributed by atoms with Crippen molar-refractivity contribution >= 4 is 5.97 Å². The lowest BCUT2D eigenvalue weighted by molar-refractivity contribution is -0.167. The number of hydrogen-bond donors (Lipinski definition) is 1. The van der Waals surface area contributed by atoms with Gasteiger partial charge >= 0.3 is 5.97 Å². The quantitative estimate of drug-likeness (QED) is 0.687. The number of nitrogens with zero attached hydrogens (tertiary/aromatic N) is 1. The summed E-state index contributed by atoms with van der Waals surface area (Å²) in [7, 11) is 0. The van der Waals surface area contributed by atoms with Gasteiger partial charge in [-0.25, -0.2) is 5.06 Å². The van der Waals surface area contributed by atoms with Crippen LogP contribution in [0.5, 0.6) is 0 Å². The van der Waals surface area contributed by atoms with Crippen LogP contribution in [0, 0.1) is 11.3 Å². The summed E-state index contributed by atoms with van der Waals surface area (Å²) in [6, 6.07) is 0.157. The Kier molecular flexibility index (Phi) is 7.04. The van der Waals surface area contributed by atoms with Crippen LogP contribution in [-0.2, 0) is 9.63 Å². The maximum absolute atomic E-state index is 12.0. The number of carbonyl (C=O) groups is 1. The summed E-state index contributed by atoms with van der Waals surface area (Å²) < 4.78 is 0. The minimum atomic E-state index is -0.644. The molecule has 1 aliphatic heterocycles. The Morgan fingerprint density at radius 2 is 1.62 bits per heavy atom. The molecule has 0 saturated heterocycles. The van der Waals surface area contributed by atoms with Crippen molar-refractivity contribution in [3.63, 3.8) is 0 Å². The fraction of sp³-hybridized carbons (Fsp3) is 0.773. The fourth-order valence-electron chi connectivity index (χ4n) is 5.62. The first-order valence-electron chi connectivity index (χ1n) is 10.7. The molecule has 2 fully saturated rings. The number of aliphatic carboxylic acids is 1. The molecule has 2 unspecified atom stereocenters. The highest BCUT2D eigenvalue weighted by Gasteiger charge is 2.49. The highest BCUT2D eigenvalue weighted by atomic mass is 16.7. The van der Waals surface area contributed by atoms with Crippen LogP contribution in [0.25, 0.3) is 0 Å². The van der Waals surface area contributed by atoms with Gasteiger partial charge in [-0.15, -0.1) is 0 Å². The van der Waals surface area contributed by atoms with Gasteiger partial charge in [-0.3, -0.25) is 4.79 Å². The highest BCUT2D eigenvalue weighted by molar-refractivity contribution is 5.68. The molecule has 4 heteroatoms. The van der Waals surface area contributed by atoms with E-state index in [1.807, 2.05) is 23.4 Å². The summed E-state index contributed by atoms with van der Waals surface area (Å²) >= 11 is 0. The van der Waals surface area contributed by atoms with Crippen LogP contribution in [0.3, 0.4) is 0 Å². The maximum atomic E-state index is 12.0. The fourth-order valence-corrected chi connectivity index (χ4v) is 5.62. The molecule has 146 valence electrons. The second kappa shape index (κ2) is 9.48. The van der Waals surface area contributed by atoms with E-state index in [1.54, 1.807) is 6.26 Å². The van der Waals surface area contributed by atoms with Gasteiger partial charge in [0, 0.05) is 11.6 Å². The Morgan fingerprint density at radius 3 is 2.27 bits per heavy atom. The zero-order chi connectivity index (χ0) is 18.2. The van der Waals surface area contributed by atoms with Gasteiger partial charge in [-0.1, -0.05) is 57.8 Å². The Balaban J connectivity index is 1.94. The van der Waals surface area contributed by atoms with E-state index in [0.29, 0.717) is 5.92 Å². The second-order valence-corrected chi connectivity index (χ2v) is 8.45. The zero-order valence-electron chi connectivity index (χ0n) is 16.1. The molecule has 0 spiro atoms. The third kappa shape index (κ3) is 4.63. The van der Waals surface area contributed by atoms with Crippen LogP contribution in [0.1, 0.15) is 89.9 Å². The first-order chi connectivity index (χ1) is 12.7. The molecule has 2 saturated carbocycles. The van der Waals surface area contributed by atoms with Gasteiger partial charge in [-0.2, -0.15) is 0 Å². The molecule has 26 heavy (non-hydrogen) atoms. The molecule has 1 heterocycles. The summed E-state index contributed by atoms with van der Waals surface area (Å²) in [5.74, 6) is -0.154. The van der Waals surface area contributed by atoms with Crippen LogP contribution in [0.4, 0.5) is 0 Å². The van der Waals surface area contributed by atoms with E-state index in [1.165, 1.54) is 57.8 Å². The molecule has 0 bridgehead atoms. The summed E-state index contributed by atoms with van der Waals surface area (Å²) in [6.45, 7) is 0. The molecular weight excluding hydrogens is 326 g/mol. The summed E-state index contributed by atoms with van der Waals surface area (Å²) in [5.41, 5.74) is -0.181. The SMILES string of the molecule is O=C(O)CC1(C2CCCCCCC2)CCCCCCC1N1C=CC=CO1. The van der Waals surface area contributed by atoms with Crippen molar-refractivity contribution < 1.29 is 14.7 Å². The lowest BCUT2D eigenvalue weighted by Crippen LogP contribution is -2.51. The Morgan fingerprint density at radius 1 is 0.962 bits per heavy atom. The van der Waals surface area contributed by atoms with Gasteiger partial charge in [0.15, 0.2) is 0 Å². The highest BCUT2D eigenvalue weighted by Crippen LogP contribution is 2.50. The normalized spacial score (nSPS) is 31.4. The maximum Gasteiger partial charge on any atom is 0.303 e. The van der Waals surface area contributed by atoms with Gasteiger partial charge in [-0.05, 0) is 43.8 Å². The predicted molar refractivity (Wildman–Crippen MR) is 103 cm³/mol. The van der Waals surface area contributed by atoms with Gasteiger partial charge in [0.25, 0.3) is 0 Å². The Hall–Kier alpha value is -1.45. The van der Waals surface area contributed by atoms with E-state index in [9.17, 15) is 9.90 Å². The molecule has 0 aromatic carbocycles. The molecule has 0 radical (unpaired) electrons. The second-order valence-electron chi connectivity index (χ2n) is 8.45. The van der Waals surface area contributed by atoms with Crippen LogP contribution >= 0.6 is 0 Å². The third-order valence-corrected chi connectivity index (χ3v) is 6.84. The van der Waals surface area contributed by atoms with Crippen molar-refractivity contribution in [2.45, 2.75) is 95.9 Å². The van der Waals surface area contributed by atoms with Crippen LogP contribution in [-0.4, -0.2) is 22.2 Å². The summed E-state index contributed by atoms with van der Waals surface area (Å²) in [6.07, 6.45) is 23.5. The predicted octanol–water partition coefficient (Wildman–Crippen LogP) is 5.81. The summed E-state index contributed by atoms with van der Waals surface area (Å²) in [5, 5.41) is 11.9. The zero-order valence-corrected chi connectivity index (χ0v) is 16.1. The molecule has 0 aromatic rings. The van der Waals surface area contributed by atoms with Crippen LogP contribution < -0.4 is 0 Å². The average Bonchev–Trinajstić information content (AvgIpc) is 2.58. The van der Waals surface area contributed by atoms with Crippen molar-refractivity contribution in [1.29, 1.82) is 0 Å². The largest absolute Gasteiger partial charge is 0.481 e. The van der Waals surface area contributed by atoms with Gasteiger partial charge in [0.1, 0.15) is 6.26 Å². The number of hydroxylamine groups is 2. The Bertz CT molecular complexity index is 508. The van der Waals surface area contributed by atoms with Gasteiger partial charge < -0.3 is 9.94 Å². The van der Waals surface area contributed by atoms with Gasteiger partial charge in [0.2, 0.25) is 0 Å². The number of carboxylic acids is 1. The molecule has 3 rings (SSSR count). The minimum Gasteiger partial charge on any atom is -0.481 e. The third-order valence-electron chi connectivity index (χ3n) is 6.84. The van der Waals surface area contributed by atoms with Crippen LogP contribution in [0.15, 0.2) is 24.6 Å². The van der Waals surface area contributed by atoms with Crippen LogP contribution in [0.2, 0.25) is 0 Å². The van der Waals surface area contributed by atoms with E-state index in [0.717, 1.165) is 25.7 Å². The monoisotopic (exact) mass is 361 g/mol. The molecule has 4 nitrogen and oxygen atoms in total. The average molecular weight is 362 g/mol. The molecule has 2 atom stereocenters. The van der Waals surface area contributed by atoms with Crippen molar-refractivity contribution in [2.24, 2.45) is 11.3 Å². The molecule has 0 amide bonds. The van der Waals surface area contributed by atoms with Gasteiger partial charge in [0.05, 0.1) is 12.5 Å². The lowest BCUT2D eigenvalue weighted by atomic mass is 9.59. The molecular formula is C22H35NO3. The molecule has 0 aromatic heterocycles. The van der Waals surface area contributed by atoms with Crippen molar-refractivity contribution in [3.05, 3.63) is 24.6 Å². The number of carboxylic acid groups (broad SMARTS) is 1. The van der Waals surface area contributed by atoms with E-state index >= 15 is 0 Å². The number of rotatable bonds is 4. The number of hydrogen-bond acceptors (Lipinski definition) is 3. The standard InChI is InChI=1S/C22H35NO3/c24-21(25)18-22(19-12-6-2-1-3-7-13-19)15-9-5-4-8-14-20(22)23-16-10-11-17-26-23/h10-11,16-17,19-20H,1-9,12-15,18H2,(H,24,25).